The molecule has 1 aromatic rings. The van der Waals surface area contributed by atoms with Gasteiger partial charge in [0.1, 0.15) is 0 Å². The Labute approximate surface area is 89.1 Å². The van der Waals surface area contributed by atoms with Crippen LogP contribution < -0.4 is 0 Å². The third-order valence-corrected chi connectivity index (χ3v) is 2.35. The van der Waals surface area contributed by atoms with E-state index >= 15 is 0 Å². The molecular weight excluding hydrogens is 232 g/mol. The number of imidazole rings is 1. The van der Waals surface area contributed by atoms with E-state index in [0.717, 1.165) is 6.20 Å². The SMILES string of the molecule is CC(C)n1ccn(C(F)(F)C(F)F)c1=S. The second-order valence-electron chi connectivity index (χ2n) is 3.34. The van der Waals surface area contributed by atoms with E-state index in [1.807, 2.05) is 0 Å². The van der Waals surface area contributed by atoms with Gasteiger partial charge in [0, 0.05) is 18.4 Å². The van der Waals surface area contributed by atoms with Gasteiger partial charge in [-0.3, -0.25) is 4.57 Å². The first-order valence-electron chi connectivity index (χ1n) is 4.24. The average Bonchev–Trinajstić information content (AvgIpc) is 2.46. The molecule has 7 heteroatoms. The van der Waals surface area contributed by atoms with E-state index in [1.165, 1.54) is 10.8 Å². The van der Waals surface area contributed by atoms with Gasteiger partial charge in [0.2, 0.25) is 0 Å². The van der Waals surface area contributed by atoms with Gasteiger partial charge in [0.05, 0.1) is 0 Å². The second-order valence-corrected chi connectivity index (χ2v) is 3.71. The van der Waals surface area contributed by atoms with Crippen LogP contribution in [-0.2, 0) is 6.05 Å². The first-order valence-corrected chi connectivity index (χ1v) is 4.65. The van der Waals surface area contributed by atoms with Crippen LogP contribution in [0.2, 0.25) is 0 Å². The molecule has 0 amide bonds. The Balaban J connectivity index is 3.24. The van der Waals surface area contributed by atoms with Gasteiger partial charge in [-0.05, 0) is 26.1 Å². The molecule has 2 nitrogen and oxygen atoms in total. The summed E-state index contributed by atoms with van der Waals surface area (Å²) in [5.41, 5.74) is 0. The zero-order valence-electron chi connectivity index (χ0n) is 8.12. The summed E-state index contributed by atoms with van der Waals surface area (Å²) < 4.78 is 51.2. The van der Waals surface area contributed by atoms with Crippen molar-refractivity contribution >= 4 is 12.2 Å². The van der Waals surface area contributed by atoms with Crippen LogP contribution in [0, 0.1) is 4.77 Å². The Morgan fingerprint density at radius 1 is 1.27 bits per heavy atom. The number of alkyl halides is 4. The fourth-order valence-electron chi connectivity index (χ4n) is 1.12. The van der Waals surface area contributed by atoms with E-state index in [-0.39, 0.29) is 15.4 Å². The third-order valence-electron chi connectivity index (χ3n) is 1.94. The van der Waals surface area contributed by atoms with Crippen molar-refractivity contribution in [3.8, 4) is 0 Å². The smallest absolute Gasteiger partial charge is 0.321 e. The molecule has 0 fully saturated rings. The summed E-state index contributed by atoms with van der Waals surface area (Å²) in [5, 5.41) is 0. The van der Waals surface area contributed by atoms with Gasteiger partial charge in [-0.15, -0.1) is 0 Å². The molecule has 0 aliphatic carbocycles. The quantitative estimate of drug-likeness (QED) is 0.583. The monoisotopic (exact) mass is 242 g/mol. The summed E-state index contributed by atoms with van der Waals surface area (Å²) in [6.45, 7) is 3.45. The van der Waals surface area contributed by atoms with E-state index < -0.39 is 12.5 Å². The summed E-state index contributed by atoms with van der Waals surface area (Å²) in [6, 6.07) is -4.40. The summed E-state index contributed by atoms with van der Waals surface area (Å²) in [7, 11) is 0. The molecule has 1 aromatic heterocycles. The van der Waals surface area contributed by atoms with Crippen LogP contribution in [0.25, 0.3) is 0 Å². The Morgan fingerprint density at radius 3 is 2.13 bits per heavy atom. The van der Waals surface area contributed by atoms with Crippen molar-refractivity contribution in [1.82, 2.24) is 9.13 Å². The van der Waals surface area contributed by atoms with Crippen LogP contribution >= 0.6 is 12.2 Å². The molecule has 0 spiro atoms. The van der Waals surface area contributed by atoms with Gasteiger partial charge >= 0.3 is 12.5 Å². The lowest BCUT2D eigenvalue weighted by Crippen LogP contribution is -2.31. The molecule has 1 rings (SSSR count). The molecule has 15 heavy (non-hydrogen) atoms. The minimum absolute atomic E-state index is 0.118. The fraction of sp³-hybridized carbons (Fsp3) is 0.625. The highest BCUT2D eigenvalue weighted by atomic mass is 32.1. The van der Waals surface area contributed by atoms with Crippen LogP contribution in [0.1, 0.15) is 19.9 Å². The highest BCUT2D eigenvalue weighted by Gasteiger charge is 2.43. The minimum Gasteiger partial charge on any atom is -0.321 e. The highest BCUT2D eigenvalue weighted by molar-refractivity contribution is 7.71. The lowest BCUT2D eigenvalue weighted by atomic mass is 10.4. The van der Waals surface area contributed by atoms with Gasteiger partial charge in [-0.1, -0.05) is 0 Å². The summed E-state index contributed by atoms with van der Waals surface area (Å²) in [4.78, 5) is 0. The maximum absolute atomic E-state index is 12.9. The van der Waals surface area contributed by atoms with Gasteiger partial charge < -0.3 is 4.57 Å². The maximum Gasteiger partial charge on any atom is 0.391 e. The number of hydrogen-bond acceptors (Lipinski definition) is 1. The molecule has 0 atom stereocenters. The highest BCUT2D eigenvalue weighted by Crippen LogP contribution is 2.29. The topological polar surface area (TPSA) is 9.86 Å². The number of aromatic nitrogens is 2. The summed E-state index contributed by atoms with van der Waals surface area (Å²) in [5.74, 6) is 0. The van der Waals surface area contributed by atoms with E-state index in [1.54, 1.807) is 13.8 Å². The molecule has 0 saturated heterocycles. The van der Waals surface area contributed by atoms with E-state index in [2.05, 4.69) is 12.2 Å². The minimum atomic E-state index is -4.25. The van der Waals surface area contributed by atoms with Gasteiger partial charge in [0.25, 0.3) is 0 Å². The van der Waals surface area contributed by atoms with Crippen molar-refractivity contribution in [2.75, 3.05) is 0 Å². The van der Waals surface area contributed by atoms with Gasteiger partial charge in [-0.2, -0.15) is 8.78 Å². The molecule has 0 aliphatic rings. The second kappa shape index (κ2) is 3.96. The predicted octanol–water partition coefficient (Wildman–Crippen LogP) is 3.41. The fourth-order valence-corrected chi connectivity index (χ4v) is 1.57. The van der Waals surface area contributed by atoms with E-state index in [4.69, 9.17) is 0 Å². The van der Waals surface area contributed by atoms with Crippen LogP contribution in [-0.4, -0.2) is 15.6 Å². The first-order chi connectivity index (χ1) is 6.78. The number of halogens is 4. The molecule has 86 valence electrons. The molecule has 0 saturated carbocycles. The summed E-state index contributed by atoms with van der Waals surface area (Å²) >= 11 is 4.68. The molecule has 0 unspecified atom stereocenters. The van der Waals surface area contributed by atoms with Crippen molar-refractivity contribution in [2.45, 2.75) is 32.4 Å². The summed E-state index contributed by atoms with van der Waals surface area (Å²) in [6.07, 6.45) is -1.63. The van der Waals surface area contributed by atoms with Gasteiger partial charge in [0.15, 0.2) is 4.77 Å². The standard InChI is InChI=1S/C8H10F4N2S/c1-5(2)13-3-4-14(7(13)15)8(11,12)6(9)10/h3-6H,1-2H3. The van der Waals surface area contributed by atoms with Gasteiger partial charge in [-0.25, -0.2) is 8.78 Å². The predicted molar refractivity (Wildman–Crippen MR) is 49.8 cm³/mol. The number of hydrogen-bond donors (Lipinski definition) is 0. The molecule has 0 N–H and O–H groups in total. The number of nitrogens with zero attached hydrogens (tertiary/aromatic N) is 2. The zero-order valence-corrected chi connectivity index (χ0v) is 8.94. The van der Waals surface area contributed by atoms with Crippen LogP contribution in [0.4, 0.5) is 17.6 Å². The Bertz CT molecular complexity index is 394. The third kappa shape index (κ3) is 2.06. The molecule has 0 bridgehead atoms. The molecule has 0 aromatic carbocycles. The Morgan fingerprint density at radius 2 is 1.80 bits per heavy atom. The maximum atomic E-state index is 12.9. The van der Waals surface area contributed by atoms with Crippen molar-refractivity contribution in [1.29, 1.82) is 0 Å². The molecule has 0 aliphatic heterocycles. The van der Waals surface area contributed by atoms with Crippen LogP contribution in [0.5, 0.6) is 0 Å². The zero-order chi connectivity index (χ0) is 11.8. The van der Waals surface area contributed by atoms with E-state index in [0.29, 0.717) is 0 Å². The van der Waals surface area contributed by atoms with Crippen LogP contribution in [0.15, 0.2) is 12.4 Å². The lowest BCUT2D eigenvalue weighted by Gasteiger charge is -2.16. The van der Waals surface area contributed by atoms with Crippen molar-refractivity contribution in [3.63, 3.8) is 0 Å². The normalized spacial score (nSPS) is 12.8. The molecular formula is C8H10F4N2S. The largest absolute Gasteiger partial charge is 0.391 e. The lowest BCUT2D eigenvalue weighted by molar-refractivity contribution is -0.190. The first kappa shape index (κ1) is 12.2. The van der Waals surface area contributed by atoms with E-state index in [9.17, 15) is 17.6 Å². The molecule has 1 heterocycles. The molecule has 0 radical (unpaired) electrons. The Kier molecular flexibility index (Phi) is 3.22. The number of rotatable bonds is 3. The average molecular weight is 242 g/mol. The van der Waals surface area contributed by atoms with Crippen molar-refractivity contribution in [2.24, 2.45) is 0 Å². The van der Waals surface area contributed by atoms with Crippen LogP contribution in [0.3, 0.4) is 0 Å². The Hall–Kier alpha value is -0.850. The van der Waals surface area contributed by atoms with Crippen molar-refractivity contribution < 1.29 is 17.6 Å². The van der Waals surface area contributed by atoms with Crippen molar-refractivity contribution in [3.05, 3.63) is 17.2 Å².